The molecule has 0 bridgehead atoms. The first-order valence-corrected chi connectivity index (χ1v) is 9.00. The molecule has 0 aromatic heterocycles. The van der Waals surface area contributed by atoms with Crippen molar-refractivity contribution >= 4 is 5.91 Å². The second-order valence-electron chi connectivity index (χ2n) is 6.82. The molecule has 2 saturated heterocycles. The minimum atomic E-state index is -0.136. The number of hydrogen-bond acceptors (Lipinski definition) is 4. The molecule has 2 aliphatic heterocycles. The quantitative estimate of drug-likeness (QED) is 0.687. The monoisotopic (exact) mass is 311 g/mol. The maximum Gasteiger partial charge on any atom is 0.220 e. The highest BCUT2D eigenvalue weighted by molar-refractivity contribution is 5.76. The lowest BCUT2D eigenvalue weighted by Crippen LogP contribution is -2.40. The third-order valence-electron chi connectivity index (χ3n) is 5.38. The molecule has 0 saturated carbocycles. The van der Waals surface area contributed by atoms with Gasteiger partial charge in [-0.15, -0.1) is 0 Å². The Morgan fingerprint density at radius 3 is 1.95 bits per heavy atom. The van der Waals surface area contributed by atoms with Gasteiger partial charge in [0.25, 0.3) is 0 Å². The summed E-state index contributed by atoms with van der Waals surface area (Å²) in [6.07, 6.45) is 5.84. The number of nitrogens with two attached hydrogens (primary N) is 1. The summed E-state index contributed by atoms with van der Waals surface area (Å²) in [5, 5.41) is 0. The van der Waals surface area contributed by atoms with Crippen LogP contribution >= 0.6 is 0 Å². The van der Waals surface area contributed by atoms with Crippen LogP contribution in [-0.2, 0) is 9.53 Å². The Labute approximate surface area is 135 Å². The molecule has 0 aliphatic carbocycles. The predicted molar refractivity (Wildman–Crippen MR) is 88.6 cm³/mol. The van der Waals surface area contributed by atoms with E-state index in [-0.39, 0.29) is 11.8 Å². The lowest BCUT2D eigenvalue weighted by molar-refractivity contribution is -0.123. The molecule has 22 heavy (non-hydrogen) atoms. The van der Waals surface area contributed by atoms with Gasteiger partial charge in [0.15, 0.2) is 0 Å². The lowest BCUT2D eigenvalue weighted by atomic mass is 9.94. The number of hydrogen-bond donors (Lipinski definition) is 1. The van der Waals surface area contributed by atoms with Crippen molar-refractivity contribution in [3.8, 4) is 0 Å². The average Bonchev–Trinajstić information content (AvgIpc) is 2.55. The van der Waals surface area contributed by atoms with Crippen molar-refractivity contribution < 1.29 is 9.53 Å². The van der Waals surface area contributed by atoms with E-state index in [1.165, 1.54) is 32.4 Å². The molecule has 0 aromatic carbocycles. The summed E-state index contributed by atoms with van der Waals surface area (Å²) >= 11 is 0. The molecule has 0 atom stereocenters. The molecular weight excluding hydrogens is 278 g/mol. The lowest BCUT2D eigenvalue weighted by Gasteiger charge is -2.32. The normalized spacial score (nSPS) is 23.0. The van der Waals surface area contributed by atoms with Gasteiger partial charge in [-0.3, -0.25) is 4.79 Å². The minimum Gasteiger partial charge on any atom is -0.379 e. The average molecular weight is 311 g/mol. The number of primary amides is 1. The van der Waals surface area contributed by atoms with E-state index in [2.05, 4.69) is 16.7 Å². The van der Waals surface area contributed by atoms with Crippen molar-refractivity contribution in [2.75, 3.05) is 52.5 Å². The number of likely N-dealkylation sites (tertiary alicyclic amines) is 2. The molecule has 0 radical (unpaired) electrons. The fourth-order valence-electron chi connectivity index (χ4n) is 3.55. The smallest absolute Gasteiger partial charge is 0.220 e. The van der Waals surface area contributed by atoms with E-state index in [1.54, 1.807) is 0 Å². The van der Waals surface area contributed by atoms with E-state index in [4.69, 9.17) is 10.5 Å². The highest BCUT2D eigenvalue weighted by atomic mass is 16.5. The number of nitrogens with zero attached hydrogens (tertiary/aromatic N) is 2. The summed E-state index contributed by atoms with van der Waals surface area (Å²) < 4.78 is 5.79. The number of carbonyl (C=O) groups excluding carboxylic acids is 1. The van der Waals surface area contributed by atoms with Crippen LogP contribution in [0.5, 0.6) is 0 Å². The number of rotatable bonds is 8. The van der Waals surface area contributed by atoms with E-state index in [9.17, 15) is 4.79 Å². The molecule has 2 fully saturated rings. The Balaban J connectivity index is 1.46. The van der Waals surface area contributed by atoms with Crippen LogP contribution in [0.3, 0.4) is 0 Å². The Morgan fingerprint density at radius 2 is 1.50 bits per heavy atom. The highest BCUT2D eigenvalue weighted by Gasteiger charge is 2.22. The molecule has 0 spiro atoms. The van der Waals surface area contributed by atoms with Crippen molar-refractivity contribution in [1.82, 2.24) is 9.80 Å². The minimum absolute atomic E-state index is 0.0863. The van der Waals surface area contributed by atoms with Gasteiger partial charge in [-0.25, -0.2) is 0 Å². The molecule has 0 aromatic rings. The molecule has 2 heterocycles. The number of carbonyl (C=O) groups is 1. The number of piperidine rings is 2. The van der Waals surface area contributed by atoms with Crippen molar-refractivity contribution in [2.45, 2.75) is 39.0 Å². The SMILES string of the molecule is CCC1CCN(CCOCCN2CCC(C(N)=O)CC2)CC1. The highest BCUT2D eigenvalue weighted by Crippen LogP contribution is 2.19. The molecular formula is C17H33N3O2. The zero-order valence-electron chi connectivity index (χ0n) is 14.1. The summed E-state index contributed by atoms with van der Waals surface area (Å²) in [7, 11) is 0. The first kappa shape index (κ1) is 17.7. The maximum absolute atomic E-state index is 11.1. The number of ether oxygens (including phenoxy) is 1. The van der Waals surface area contributed by atoms with E-state index in [1.807, 2.05) is 0 Å². The molecule has 1 amide bonds. The second kappa shape index (κ2) is 9.48. The summed E-state index contributed by atoms with van der Waals surface area (Å²) in [4.78, 5) is 16.0. The van der Waals surface area contributed by atoms with E-state index < -0.39 is 0 Å². The van der Waals surface area contributed by atoms with Gasteiger partial charge in [0.05, 0.1) is 13.2 Å². The van der Waals surface area contributed by atoms with Gasteiger partial charge in [0, 0.05) is 19.0 Å². The summed E-state index contributed by atoms with van der Waals surface area (Å²) in [5.41, 5.74) is 5.35. The molecule has 2 rings (SSSR count). The standard InChI is InChI=1S/C17H33N3O2/c1-2-15-3-7-19(8-4-15)11-13-22-14-12-20-9-5-16(6-10-20)17(18)21/h15-16H,2-14H2,1H3,(H2,18,21). The van der Waals surface area contributed by atoms with Crippen LogP contribution in [0, 0.1) is 11.8 Å². The van der Waals surface area contributed by atoms with Gasteiger partial charge in [-0.2, -0.15) is 0 Å². The molecule has 2 N–H and O–H groups in total. The van der Waals surface area contributed by atoms with Crippen molar-refractivity contribution in [3.63, 3.8) is 0 Å². The van der Waals surface area contributed by atoms with Crippen LogP contribution in [0.15, 0.2) is 0 Å². The maximum atomic E-state index is 11.1. The fraction of sp³-hybridized carbons (Fsp3) is 0.941. The van der Waals surface area contributed by atoms with Gasteiger partial charge in [-0.05, 0) is 57.8 Å². The Kier molecular flexibility index (Phi) is 7.63. The molecule has 5 heteroatoms. The van der Waals surface area contributed by atoms with Crippen LogP contribution < -0.4 is 5.73 Å². The van der Waals surface area contributed by atoms with E-state index >= 15 is 0 Å². The molecule has 2 aliphatic rings. The third-order valence-corrected chi connectivity index (χ3v) is 5.38. The van der Waals surface area contributed by atoms with E-state index in [0.717, 1.165) is 58.2 Å². The first-order valence-electron chi connectivity index (χ1n) is 9.00. The summed E-state index contributed by atoms with van der Waals surface area (Å²) in [5.74, 6) is 0.895. The third kappa shape index (κ3) is 5.86. The van der Waals surface area contributed by atoms with E-state index in [0.29, 0.717) is 0 Å². The van der Waals surface area contributed by atoms with Crippen molar-refractivity contribution in [1.29, 1.82) is 0 Å². The van der Waals surface area contributed by atoms with Gasteiger partial charge in [-0.1, -0.05) is 13.3 Å². The van der Waals surface area contributed by atoms with Crippen LogP contribution in [0.1, 0.15) is 39.0 Å². The summed E-state index contributed by atoms with van der Waals surface area (Å²) in [6.45, 7) is 10.4. The number of amides is 1. The first-order chi connectivity index (χ1) is 10.7. The van der Waals surface area contributed by atoms with Gasteiger partial charge in [0.1, 0.15) is 0 Å². The molecule has 128 valence electrons. The Hall–Kier alpha value is -0.650. The van der Waals surface area contributed by atoms with Gasteiger partial charge in [0.2, 0.25) is 5.91 Å². The van der Waals surface area contributed by atoms with Crippen LogP contribution in [-0.4, -0.2) is 68.2 Å². The molecule has 5 nitrogen and oxygen atoms in total. The molecule has 0 unspecified atom stereocenters. The second-order valence-corrected chi connectivity index (χ2v) is 6.82. The van der Waals surface area contributed by atoms with Crippen molar-refractivity contribution in [3.05, 3.63) is 0 Å². The zero-order chi connectivity index (χ0) is 15.8. The van der Waals surface area contributed by atoms with Crippen molar-refractivity contribution in [2.24, 2.45) is 17.6 Å². The van der Waals surface area contributed by atoms with Crippen LogP contribution in [0.2, 0.25) is 0 Å². The zero-order valence-corrected chi connectivity index (χ0v) is 14.1. The fourth-order valence-corrected chi connectivity index (χ4v) is 3.55. The summed E-state index contributed by atoms with van der Waals surface area (Å²) in [6, 6.07) is 0. The predicted octanol–water partition coefficient (Wildman–Crippen LogP) is 1.32. The van der Waals surface area contributed by atoms with Crippen LogP contribution in [0.25, 0.3) is 0 Å². The Morgan fingerprint density at radius 1 is 1.00 bits per heavy atom. The van der Waals surface area contributed by atoms with Crippen LogP contribution in [0.4, 0.5) is 0 Å². The largest absolute Gasteiger partial charge is 0.379 e. The van der Waals surface area contributed by atoms with Gasteiger partial charge >= 0.3 is 0 Å². The van der Waals surface area contributed by atoms with Gasteiger partial charge < -0.3 is 20.3 Å². The topological polar surface area (TPSA) is 58.8 Å². The Bertz CT molecular complexity index is 322.